The van der Waals surface area contributed by atoms with E-state index in [1.807, 2.05) is 24.1 Å². The van der Waals surface area contributed by atoms with Crippen LogP contribution in [0.2, 0.25) is 0 Å². The number of rotatable bonds is 9. The molecule has 1 saturated heterocycles. The first-order chi connectivity index (χ1) is 12.7. The fourth-order valence-electron chi connectivity index (χ4n) is 3.25. The normalized spacial score (nSPS) is 17.9. The Morgan fingerprint density at radius 2 is 2.11 bits per heavy atom. The number of ether oxygens (including phenoxy) is 1. The molecule has 0 aliphatic carbocycles. The van der Waals surface area contributed by atoms with Gasteiger partial charge in [0.15, 0.2) is 5.96 Å². The van der Waals surface area contributed by atoms with Crippen LogP contribution >= 0.6 is 24.0 Å². The topological polar surface area (TPSA) is 57.9 Å². The van der Waals surface area contributed by atoms with Gasteiger partial charge in [-0.2, -0.15) is 5.10 Å². The van der Waals surface area contributed by atoms with Crippen molar-refractivity contribution >= 4 is 29.9 Å². The molecule has 156 valence electrons. The van der Waals surface area contributed by atoms with Gasteiger partial charge in [0.2, 0.25) is 0 Å². The van der Waals surface area contributed by atoms with Crippen molar-refractivity contribution in [1.82, 2.24) is 24.9 Å². The standard InChI is InChI=1S/C19H36N6O.HI/c1-5-20-19(21-10-8-9-11-24(6-2)7-3)25-12-13-26-18(16-25)17-14-22-23(4)15-17;/h14-15,18H,5-13,16H2,1-4H3,(H,20,21);1H. The lowest BCUT2D eigenvalue weighted by Crippen LogP contribution is -2.48. The molecule has 1 fully saturated rings. The van der Waals surface area contributed by atoms with Gasteiger partial charge >= 0.3 is 0 Å². The van der Waals surface area contributed by atoms with Crippen molar-refractivity contribution in [2.45, 2.75) is 39.7 Å². The fraction of sp³-hybridized carbons (Fsp3) is 0.789. The summed E-state index contributed by atoms with van der Waals surface area (Å²) in [6, 6.07) is 0. The van der Waals surface area contributed by atoms with Crippen LogP contribution in [0.3, 0.4) is 0 Å². The Balaban J connectivity index is 0.00000364. The molecule has 0 spiro atoms. The summed E-state index contributed by atoms with van der Waals surface area (Å²) >= 11 is 0. The number of hydrogen-bond acceptors (Lipinski definition) is 4. The van der Waals surface area contributed by atoms with Crippen LogP contribution < -0.4 is 5.32 Å². The van der Waals surface area contributed by atoms with Gasteiger partial charge in [-0.1, -0.05) is 13.8 Å². The summed E-state index contributed by atoms with van der Waals surface area (Å²) in [4.78, 5) is 9.64. The molecule has 0 radical (unpaired) electrons. The highest BCUT2D eigenvalue weighted by molar-refractivity contribution is 14.0. The largest absolute Gasteiger partial charge is 0.370 e. The van der Waals surface area contributed by atoms with Crippen LogP contribution in [0.5, 0.6) is 0 Å². The molecule has 1 unspecified atom stereocenters. The van der Waals surface area contributed by atoms with Crippen LogP contribution in [0.25, 0.3) is 0 Å². The number of hydrogen-bond donors (Lipinski definition) is 1. The van der Waals surface area contributed by atoms with Crippen LogP contribution in [-0.4, -0.2) is 78.0 Å². The third-order valence-electron chi connectivity index (χ3n) is 4.84. The Morgan fingerprint density at radius 3 is 2.74 bits per heavy atom. The zero-order valence-electron chi connectivity index (χ0n) is 17.4. The van der Waals surface area contributed by atoms with Crippen molar-refractivity contribution in [2.24, 2.45) is 12.0 Å². The molecular formula is C19H37IN6O. The summed E-state index contributed by atoms with van der Waals surface area (Å²) in [6.07, 6.45) is 6.31. The number of halogens is 1. The Bertz CT molecular complexity index is 546. The van der Waals surface area contributed by atoms with Crippen LogP contribution in [0, 0.1) is 0 Å². The number of aromatic nitrogens is 2. The molecule has 0 bridgehead atoms. The number of aliphatic imine (C=N–C) groups is 1. The van der Waals surface area contributed by atoms with Gasteiger partial charge in [0.25, 0.3) is 0 Å². The van der Waals surface area contributed by atoms with Gasteiger partial charge in [-0.3, -0.25) is 9.67 Å². The van der Waals surface area contributed by atoms with Crippen molar-refractivity contribution in [2.75, 3.05) is 52.4 Å². The average molecular weight is 492 g/mol. The molecule has 0 amide bonds. The fourth-order valence-corrected chi connectivity index (χ4v) is 3.25. The molecule has 1 atom stereocenters. The Morgan fingerprint density at radius 1 is 1.33 bits per heavy atom. The van der Waals surface area contributed by atoms with E-state index in [0.717, 1.165) is 57.2 Å². The maximum Gasteiger partial charge on any atom is 0.194 e. The monoisotopic (exact) mass is 492 g/mol. The number of guanidine groups is 1. The van der Waals surface area contributed by atoms with Gasteiger partial charge < -0.3 is 19.9 Å². The minimum absolute atomic E-state index is 0. The van der Waals surface area contributed by atoms with Gasteiger partial charge in [0, 0.05) is 38.4 Å². The lowest BCUT2D eigenvalue weighted by atomic mass is 10.1. The molecule has 1 aliphatic rings. The number of aryl methyl sites for hydroxylation is 1. The van der Waals surface area contributed by atoms with Crippen LogP contribution in [-0.2, 0) is 11.8 Å². The van der Waals surface area contributed by atoms with Crippen molar-refractivity contribution in [3.05, 3.63) is 18.0 Å². The lowest BCUT2D eigenvalue weighted by molar-refractivity contribution is -0.00804. The van der Waals surface area contributed by atoms with E-state index in [9.17, 15) is 0 Å². The molecule has 1 aromatic rings. The third kappa shape index (κ3) is 7.95. The number of nitrogens with zero attached hydrogens (tertiary/aromatic N) is 5. The minimum atomic E-state index is 0. The number of nitrogens with one attached hydrogen (secondary N) is 1. The van der Waals surface area contributed by atoms with Crippen molar-refractivity contribution < 1.29 is 4.74 Å². The molecule has 2 rings (SSSR count). The van der Waals surface area contributed by atoms with Gasteiger partial charge in [-0.25, -0.2) is 0 Å². The predicted molar refractivity (Wildman–Crippen MR) is 122 cm³/mol. The van der Waals surface area contributed by atoms with Crippen molar-refractivity contribution in [3.8, 4) is 0 Å². The Labute approximate surface area is 181 Å². The van der Waals surface area contributed by atoms with E-state index in [-0.39, 0.29) is 30.1 Å². The van der Waals surface area contributed by atoms with E-state index in [2.05, 4.69) is 41.0 Å². The molecule has 2 heterocycles. The summed E-state index contributed by atoms with van der Waals surface area (Å²) < 4.78 is 7.77. The molecule has 1 N–H and O–H groups in total. The summed E-state index contributed by atoms with van der Waals surface area (Å²) in [5.74, 6) is 1.01. The van der Waals surface area contributed by atoms with Crippen molar-refractivity contribution in [3.63, 3.8) is 0 Å². The quantitative estimate of drug-likeness (QED) is 0.249. The minimum Gasteiger partial charge on any atom is -0.370 e. The Kier molecular flexibility index (Phi) is 11.9. The highest BCUT2D eigenvalue weighted by Crippen LogP contribution is 2.21. The smallest absolute Gasteiger partial charge is 0.194 e. The van der Waals surface area contributed by atoms with Gasteiger partial charge in [0.05, 0.1) is 19.3 Å². The van der Waals surface area contributed by atoms with Gasteiger partial charge in [0.1, 0.15) is 6.10 Å². The van der Waals surface area contributed by atoms with E-state index in [4.69, 9.17) is 9.73 Å². The Hall–Kier alpha value is -0.870. The summed E-state index contributed by atoms with van der Waals surface area (Å²) in [6.45, 7) is 14.2. The molecule has 0 aromatic carbocycles. The predicted octanol–water partition coefficient (Wildman–Crippen LogP) is 2.50. The molecule has 0 saturated carbocycles. The first-order valence-corrected chi connectivity index (χ1v) is 10.0. The maximum atomic E-state index is 5.95. The summed E-state index contributed by atoms with van der Waals surface area (Å²) in [5.41, 5.74) is 1.13. The molecule has 8 heteroatoms. The second kappa shape index (κ2) is 13.3. The van der Waals surface area contributed by atoms with Crippen LogP contribution in [0.1, 0.15) is 45.3 Å². The highest BCUT2D eigenvalue weighted by atomic mass is 127. The molecule has 1 aromatic heterocycles. The third-order valence-corrected chi connectivity index (χ3v) is 4.84. The van der Waals surface area contributed by atoms with Gasteiger partial charge in [-0.15, -0.1) is 24.0 Å². The zero-order chi connectivity index (χ0) is 18.8. The first-order valence-electron chi connectivity index (χ1n) is 10.0. The van der Waals surface area contributed by atoms with E-state index in [1.54, 1.807) is 0 Å². The van der Waals surface area contributed by atoms with E-state index < -0.39 is 0 Å². The van der Waals surface area contributed by atoms with Gasteiger partial charge in [-0.05, 0) is 39.4 Å². The second-order valence-corrected chi connectivity index (χ2v) is 6.72. The molecular weight excluding hydrogens is 455 g/mol. The number of unbranched alkanes of at least 4 members (excludes halogenated alkanes) is 1. The summed E-state index contributed by atoms with van der Waals surface area (Å²) in [7, 11) is 1.94. The maximum absolute atomic E-state index is 5.95. The van der Waals surface area contributed by atoms with E-state index in [1.165, 1.54) is 13.0 Å². The zero-order valence-corrected chi connectivity index (χ0v) is 19.7. The van der Waals surface area contributed by atoms with E-state index in [0.29, 0.717) is 6.61 Å². The SMILES string of the molecule is CCNC(=NCCCCN(CC)CC)N1CCOC(c2cnn(C)c2)C1.I. The molecule has 27 heavy (non-hydrogen) atoms. The molecule has 1 aliphatic heterocycles. The average Bonchev–Trinajstić information content (AvgIpc) is 3.10. The first kappa shape index (κ1) is 24.2. The second-order valence-electron chi connectivity index (χ2n) is 6.72. The summed E-state index contributed by atoms with van der Waals surface area (Å²) in [5, 5.41) is 7.71. The highest BCUT2D eigenvalue weighted by Gasteiger charge is 2.25. The van der Waals surface area contributed by atoms with E-state index >= 15 is 0 Å². The van der Waals surface area contributed by atoms with Crippen LogP contribution in [0.4, 0.5) is 0 Å². The number of morpholine rings is 1. The lowest BCUT2D eigenvalue weighted by Gasteiger charge is -2.34. The molecule has 7 nitrogen and oxygen atoms in total. The van der Waals surface area contributed by atoms with Crippen molar-refractivity contribution in [1.29, 1.82) is 0 Å². The van der Waals surface area contributed by atoms with Crippen LogP contribution in [0.15, 0.2) is 17.4 Å².